The molecule has 114 valence electrons. The lowest BCUT2D eigenvalue weighted by atomic mass is 10.1. The first kappa shape index (κ1) is 17.1. The smallest absolute Gasteiger partial charge is 0.0270 e. The molecule has 0 radical (unpaired) electrons. The van der Waals surface area contributed by atoms with E-state index in [2.05, 4.69) is 55.2 Å². The molecule has 0 fully saturated rings. The van der Waals surface area contributed by atoms with Gasteiger partial charge in [-0.15, -0.1) is 0 Å². The predicted octanol–water partition coefficient (Wildman–Crippen LogP) is 2.97. The summed E-state index contributed by atoms with van der Waals surface area (Å²) in [6.45, 7) is 10.1. The van der Waals surface area contributed by atoms with Crippen molar-refractivity contribution in [2.75, 3.05) is 26.7 Å². The topological polar surface area (TPSA) is 28.2 Å². The number of pyridine rings is 1. The lowest BCUT2D eigenvalue weighted by molar-refractivity contribution is 0.223. The average Bonchev–Trinajstić information content (AvgIpc) is 2.44. The van der Waals surface area contributed by atoms with Gasteiger partial charge in [-0.05, 0) is 50.0 Å². The average molecular weight is 277 g/mol. The molecule has 1 rings (SSSR count). The van der Waals surface area contributed by atoms with Crippen molar-refractivity contribution in [1.82, 2.24) is 15.2 Å². The summed E-state index contributed by atoms with van der Waals surface area (Å²) in [5.41, 5.74) is 1.37. The minimum absolute atomic E-state index is 0.639. The molecule has 0 aliphatic heterocycles. The second kappa shape index (κ2) is 9.89. The first-order valence-electron chi connectivity index (χ1n) is 7.93. The monoisotopic (exact) mass is 277 g/mol. The summed E-state index contributed by atoms with van der Waals surface area (Å²) in [7, 11) is 2.25. The third-order valence-electron chi connectivity index (χ3n) is 3.68. The highest BCUT2D eigenvalue weighted by molar-refractivity contribution is 5.09. The van der Waals surface area contributed by atoms with E-state index in [4.69, 9.17) is 0 Å². The molecule has 0 spiro atoms. The van der Waals surface area contributed by atoms with Crippen molar-refractivity contribution in [3.05, 3.63) is 30.1 Å². The van der Waals surface area contributed by atoms with Crippen LogP contribution in [0.2, 0.25) is 0 Å². The summed E-state index contributed by atoms with van der Waals surface area (Å²) in [6.07, 6.45) is 7.36. The fourth-order valence-corrected chi connectivity index (χ4v) is 2.39. The van der Waals surface area contributed by atoms with Crippen LogP contribution in [-0.2, 0) is 6.42 Å². The maximum Gasteiger partial charge on any atom is 0.0270 e. The first-order valence-corrected chi connectivity index (χ1v) is 7.93. The molecule has 3 heteroatoms. The van der Waals surface area contributed by atoms with Gasteiger partial charge in [-0.1, -0.05) is 27.2 Å². The molecule has 1 aromatic heterocycles. The Morgan fingerprint density at radius 3 is 2.50 bits per heavy atom. The van der Waals surface area contributed by atoms with Crippen LogP contribution < -0.4 is 5.32 Å². The SMILES string of the molecule is CCCC(CNCC(C)C)N(C)CCc1ccncc1. The van der Waals surface area contributed by atoms with E-state index in [9.17, 15) is 0 Å². The van der Waals surface area contributed by atoms with Crippen LogP contribution >= 0.6 is 0 Å². The molecular formula is C17H31N3. The largest absolute Gasteiger partial charge is 0.315 e. The second-order valence-electron chi connectivity index (χ2n) is 6.08. The fourth-order valence-electron chi connectivity index (χ4n) is 2.39. The number of rotatable bonds is 10. The van der Waals surface area contributed by atoms with Crippen molar-refractivity contribution in [2.45, 2.75) is 46.1 Å². The Kier molecular flexibility index (Phi) is 8.47. The lowest BCUT2D eigenvalue weighted by Gasteiger charge is -2.28. The van der Waals surface area contributed by atoms with Crippen molar-refractivity contribution in [2.24, 2.45) is 5.92 Å². The van der Waals surface area contributed by atoms with Crippen molar-refractivity contribution in [1.29, 1.82) is 0 Å². The molecule has 0 aromatic carbocycles. The zero-order valence-electron chi connectivity index (χ0n) is 13.6. The van der Waals surface area contributed by atoms with E-state index in [1.165, 1.54) is 18.4 Å². The molecule has 0 saturated heterocycles. The van der Waals surface area contributed by atoms with Crippen LogP contribution in [0.3, 0.4) is 0 Å². The van der Waals surface area contributed by atoms with Crippen LogP contribution in [0.1, 0.15) is 39.2 Å². The minimum Gasteiger partial charge on any atom is -0.315 e. The van der Waals surface area contributed by atoms with Gasteiger partial charge in [0, 0.05) is 31.5 Å². The highest BCUT2D eigenvalue weighted by atomic mass is 15.1. The van der Waals surface area contributed by atoms with Gasteiger partial charge in [-0.2, -0.15) is 0 Å². The quantitative estimate of drug-likeness (QED) is 0.712. The first-order chi connectivity index (χ1) is 9.63. The van der Waals surface area contributed by atoms with E-state index in [1.807, 2.05) is 12.4 Å². The van der Waals surface area contributed by atoms with Gasteiger partial charge in [0.2, 0.25) is 0 Å². The molecule has 0 aliphatic carbocycles. The summed E-state index contributed by atoms with van der Waals surface area (Å²) < 4.78 is 0. The van der Waals surface area contributed by atoms with Crippen molar-refractivity contribution in [3.63, 3.8) is 0 Å². The predicted molar refractivity (Wildman–Crippen MR) is 87.0 cm³/mol. The fraction of sp³-hybridized carbons (Fsp3) is 0.706. The number of hydrogen-bond acceptors (Lipinski definition) is 3. The maximum absolute atomic E-state index is 4.07. The molecule has 1 heterocycles. The zero-order chi connectivity index (χ0) is 14.8. The molecule has 20 heavy (non-hydrogen) atoms. The van der Waals surface area contributed by atoms with Crippen LogP contribution in [0.5, 0.6) is 0 Å². The number of nitrogens with one attached hydrogen (secondary N) is 1. The van der Waals surface area contributed by atoms with E-state index < -0.39 is 0 Å². The number of likely N-dealkylation sites (N-methyl/N-ethyl adjacent to an activating group) is 1. The maximum atomic E-state index is 4.07. The molecule has 1 N–H and O–H groups in total. The van der Waals surface area contributed by atoms with Crippen LogP contribution in [0.4, 0.5) is 0 Å². The molecular weight excluding hydrogens is 246 g/mol. The lowest BCUT2D eigenvalue weighted by Crippen LogP contribution is -2.41. The normalized spacial score (nSPS) is 13.1. The second-order valence-corrected chi connectivity index (χ2v) is 6.08. The number of aromatic nitrogens is 1. The van der Waals surface area contributed by atoms with Gasteiger partial charge < -0.3 is 10.2 Å². The highest BCUT2D eigenvalue weighted by Crippen LogP contribution is 2.07. The van der Waals surface area contributed by atoms with E-state index in [0.717, 1.165) is 32.0 Å². The summed E-state index contributed by atoms with van der Waals surface area (Å²) in [6, 6.07) is 4.86. The van der Waals surface area contributed by atoms with Gasteiger partial charge in [0.15, 0.2) is 0 Å². The van der Waals surface area contributed by atoms with Gasteiger partial charge in [-0.25, -0.2) is 0 Å². The van der Waals surface area contributed by atoms with E-state index >= 15 is 0 Å². The summed E-state index contributed by atoms with van der Waals surface area (Å²) in [4.78, 5) is 6.57. The van der Waals surface area contributed by atoms with Gasteiger partial charge in [0.25, 0.3) is 0 Å². The molecule has 0 bridgehead atoms. The summed E-state index contributed by atoms with van der Waals surface area (Å²) >= 11 is 0. The molecule has 1 aromatic rings. The third-order valence-corrected chi connectivity index (χ3v) is 3.68. The van der Waals surface area contributed by atoms with Gasteiger partial charge in [0.05, 0.1) is 0 Å². The molecule has 0 saturated carbocycles. The molecule has 0 aliphatic rings. The van der Waals surface area contributed by atoms with Crippen LogP contribution in [0.15, 0.2) is 24.5 Å². The van der Waals surface area contributed by atoms with Crippen molar-refractivity contribution >= 4 is 0 Å². The van der Waals surface area contributed by atoms with Crippen molar-refractivity contribution < 1.29 is 0 Å². The third kappa shape index (κ3) is 7.01. The van der Waals surface area contributed by atoms with E-state index in [-0.39, 0.29) is 0 Å². The highest BCUT2D eigenvalue weighted by Gasteiger charge is 2.13. The molecule has 3 nitrogen and oxygen atoms in total. The molecule has 1 unspecified atom stereocenters. The van der Waals surface area contributed by atoms with Gasteiger partial charge in [-0.3, -0.25) is 4.98 Å². The zero-order valence-corrected chi connectivity index (χ0v) is 13.6. The van der Waals surface area contributed by atoms with Gasteiger partial charge >= 0.3 is 0 Å². The Hall–Kier alpha value is -0.930. The Labute approximate surface area is 124 Å². The van der Waals surface area contributed by atoms with Crippen LogP contribution in [0.25, 0.3) is 0 Å². The summed E-state index contributed by atoms with van der Waals surface area (Å²) in [5, 5.41) is 3.60. The van der Waals surface area contributed by atoms with Crippen molar-refractivity contribution in [3.8, 4) is 0 Å². The van der Waals surface area contributed by atoms with E-state index in [0.29, 0.717) is 6.04 Å². The van der Waals surface area contributed by atoms with Crippen LogP contribution in [-0.4, -0.2) is 42.6 Å². The number of nitrogens with zero attached hydrogens (tertiary/aromatic N) is 2. The Bertz CT molecular complexity index is 337. The molecule has 1 atom stereocenters. The Morgan fingerprint density at radius 2 is 1.90 bits per heavy atom. The minimum atomic E-state index is 0.639. The standard InChI is InChI=1S/C17H31N3/c1-5-6-17(14-19-13-15(2)3)20(4)12-9-16-7-10-18-11-8-16/h7-8,10-11,15,17,19H,5-6,9,12-14H2,1-4H3. The van der Waals surface area contributed by atoms with Gasteiger partial charge in [0.1, 0.15) is 0 Å². The summed E-state index contributed by atoms with van der Waals surface area (Å²) in [5.74, 6) is 0.722. The Morgan fingerprint density at radius 1 is 1.20 bits per heavy atom. The van der Waals surface area contributed by atoms with Crippen LogP contribution in [0, 0.1) is 5.92 Å². The Balaban J connectivity index is 2.36. The van der Waals surface area contributed by atoms with E-state index in [1.54, 1.807) is 0 Å². The molecule has 0 amide bonds. The number of hydrogen-bond donors (Lipinski definition) is 1.